The number of benzene rings is 3. The van der Waals surface area contributed by atoms with Gasteiger partial charge in [0.25, 0.3) is 0 Å². The fourth-order valence-corrected chi connectivity index (χ4v) is 5.55. The van der Waals surface area contributed by atoms with E-state index in [4.69, 9.17) is 25.8 Å². The zero-order chi connectivity index (χ0) is 33.7. The lowest BCUT2D eigenvalue weighted by Gasteiger charge is -2.11. The van der Waals surface area contributed by atoms with Crippen molar-refractivity contribution in [3.8, 4) is 22.6 Å². The van der Waals surface area contributed by atoms with Crippen molar-refractivity contribution in [1.82, 2.24) is 0 Å². The number of carbonyl (C=O) groups excluding carboxylic acids is 2. The van der Waals surface area contributed by atoms with E-state index < -0.39 is 5.97 Å². The van der Waals surface area contributed by atoms with Gasteiger partial charge in [-0.1, -0.05) is 140 Å². The van der Waals surface area contributed by atoms with Gasteiger partial charge in [-0.15, -0.1) is 0 Å². The predicted molar refractivity (Wildman–Crippen MR) is 194 cm³/mol. The van der Waals surface area contributed by atoms with Crippen LogP contribution < -0.4 is 9.47 Å². The van der Waals surface area contributed by atoms with Gasteiger partial charge in [-0.2, -0.15) is 0 Å². The average Bonchev–Trinajstić information content (AvgIpc) is 3.09. The van der Waals surface area contributed by atoms with Crippen LogP contribution in [0.3, 0.4) is 0 Å². The molecule has 0 bridgehead atoms. The molecule has 0 fully saturated rings. The van der Waals surface area contributed by atoms with Gasteiger partial charge in [-0.25, -0.2) is 9.59 Å². The summed E-state index contributed by atoms with van der Waals surface area (Å²) in [4.78, 5) is 24.9. The average molecular weight is 663 g/mol. The largest absolute Gasteiger partial charge is 0.492 e. The van der Waals surface area contributed by atoms with Crippen molar-refractivity contribution in [2.45, 2.75) is 117 Å². The maximum absolute atomic E-state index is 12.7. The first-order valence-electron chi connectivity index (χ1n) is 17.9. The minimum absolute atomic E-state index is 0.310. The molecule has 1 atom stereocenters. The van der Waals surface area contributed by atoms with Gasteiger partial charge >= 0.3 is 11.9 Å². The van der Waals surface area contributed by atoms with E-state index in [1.165, 1.54) is 83.5 Å². The molecule has 0 saturated heterocycles. The van der Waals surface area contributed by atoms with E-state index in [1.807, 2.05) is 37.3 Å². The Morgan fingerprint density at radius 1 is 0.638 bits per heavy atom. The smallest absolute Gasteiger partial charge is 0.343 e. The summed E-state index contributed by atoms with van der Waals surface area (Å²) in [5.74, 6) is 0.496. The molecule has 47 heavy (non-hydrogen) atoms. The Balaban J connectivity index is 1.33. The Labute approximate surface area is 288 Å². The van der Waals surface area contributed by atoms with Crippen LogP contribution in [0.1, 0.15) is 138 Å². The molecule has 0 amide bonds. The van der Waals surface area contributed by atoms with Crippen molar-refractivity contribution >= 4 is 23.5 Å². The summed E-state index contributed by atoms with van der Waals surface area (Å²) in [6.45, 7) is 7.41. The molecule has 0 N–H and O–H groups in total. The summed E-state index contributed by atoms with van der Waals surface area (Å²) >= 11 is 6.56. The summed E-state index contributed by atoms with van der Waals surface area (Å²) in [6.07, 6.45) is 19.6. The van der Waals surface area contributed by atoms with Gasteiger partial charge in [-0.3, -0.25) is 0 Å². The van der Waals surface area contributed by atoms with Gasteiger partial charge in [0.1, 0.15) is 11.5 Å². The lowest BCUT2D eigenvalue weighted by molar-refractivity contribution is 0.0447. The van der Waals surface area contributed by atoms with Crippen LogP contribution in [-0.2, 0) is 4.74 Å². The van der Waals surface area contributed by atoms with Crippen molar-refractivity contribution in [1.29, 1.82) is 0 Å². The monoisotopic (exact) mass is 662 g/mol. The third kappa shape index (κ3) is 14.6. The molecule has 3 aromatic carbocycles. The number of hydrogen-bond donors (Lipinski definition) is 0. The molecule has 3 rings (SSSR count). The fourth-order valence-electron chi connectivity index (χ4n) is 5.32. The third-order valence-electron chi connectivity index (χ3n) is 8.64. The Kier molecular flexibility index (Phi) is 18.1. The van der Waals surface area contributed by atoms with Crippen molar-refractivity contribution in [2.75, 3.05) is 13.2 Å². The third-order valence-corrected chi connectivity index (χ3v) is 8.93. The zero-order valence-electron chi connectivity index (χ0n) is 28.9. The molecule has 0 heterocycles. The van der Waals surface area contributed by atoms with Crippen molar-refractivity contribution in [3.05, 3.63) is 82.9 Å². The van der Waals surface area contributed by atoms with E-state index in [9.17, 15) is 9.59 Å². The van der Waals surface area contributed by atoms with Crippen LogP contribution >= 0.6 is 11.6 Å². The minimum Gasteiger partial charge on any atom is -0.492 e. The van der Waals surface area contributed by atoms with Crippen LogP contribution in [0.2, 0.25) is 5.02 Å². The number of halogens is 1. The van der Waals surface area contributed by atoms with Gasteiger partial charge in [0.15, 0.2) is 0 Å². The summed E-state index contributed by atoms with van der Waals surface area (Å²) in [5.41, 5.74) is 2.71. The lowest BCUT2D eigenvalue weighted by Crippen LogP contribution is -2.12. The second-order valence-corrected chi connectivity index (χ2v) is 13.1. The summed E-state index contributed by atoms with van der Waals surface area (Å²) in [6, 6.07) is 19.4. The van der Waals surface area contributed by atoms with Crippen LogP contribution in [0, 0.1) is 5.92 Å². The normalized spacial score (nSPS) is 11.7. The molecule has 0 aliphatic rings. The van der Waals surface area contributed by atoms with Crippen molar-refractivity contribution in [2.24, 2.45) is 5.92 Å². The quantitative estimate of drug-likeness (QED) is 0.0574. The first-order valence-corrected chi connectivity index (χ1v) is 18.3. The van der Waals surface area contributed by atoms with Gasteiger partial charge in [0.2, 0.25) is 0 Å². The highest BCUT2D eigenvalue weighted by Crippen LogP contribution is 2.31. The molecular formula is C41H55ClO5. The number of carbonyl (C=O) groups is 2. The maximum atomic E-state index is 12.7. The zero-order valence-corrected chi connectivity index (χ0v) is 29.6. The van der Waals surface area contributed by atoms with Crippen LogP contribution in [0.25, 0.3) is 11.1 Å². The molecule has 0 aliphatic heterocycles. The van der Waals surface area contributed by atoms with Crippen molar-refractivity contribution in [3.63, 3.8) is 0 Å². The SMILES string of the molecule is CCCCCCCCCCCCCCCCOc1ccc(-c2ccc(C(=O)Oc3ccc(C(=O)OCC(C)CC)cc3)cc2)cc1Cl. The lowest BCUT2D eigenvalue weighted by atomic mass is 10.0. The summed E-state index contributed by atoms with van der Waals surface area (Å²) in [5, 5.41) is 0.573. The number of esters is 2. The summed E-state index contributed by atoms with van der Waals surface area (Å²) in [7, 11) is 0. The molecule has 0 radical (unpaired) electrons. The molecule has 5 nitrogen and oxygen atoms in total. The number of rotatable bonds is 23. The van der Waals surface area contributed by atoms with E-state index in [-0.39, 0.29) is 5.97 Å². The van der Waals surface area contributed by atoms with Crippen LogP contribution in [0.4, 0.5) is 0 Å². The highest BCUT2D eigenvalue weighted by Gasteiger charge is 2.13. The summed E-state index contributed by atoms with van der Waals surface area (Å²) < 4.78 is 16.8. The van der Waals surface area contributed by atoms with E-state index >= 15 is 0 Å². The number of unbranched alkanes of at least 4 members (excludes halogenated alkanes) is 13. The first kappa shape index (κ1) is 38.1. The van der Waals surface area contributed by atoms with Gasteiger partial charge in [-0.05, 0) is 72.0 Å². The Morgan fingerprint density at radius 3 is 1.70 bits per heavy atom. The predicted octanol–water partition coefficient (Wildman–Crippen LogP) is 12.3. The highest BCUT2D eigenvalue weighted by molar-refractivity contribution is 6.32. The molecule has 0 saturated carbocycles. The van der Waals surface area contributed by atoms with E-state index in [0.717, 1.165) is 24.0 Å². The second-order valence-electron chi connectivity index (χ2n) is 12.7. The Hall–Kier alpha value is -3.31. The van der Waals surface area contributed by atoms with E-state index in [1.54, 1.807) is 36.4 Å². The first-order chi connectivity index (χ1) is 22.9. The molecular weight excluding hydrogens is 608 g/mol. The molecule has 1 unspecified atom stereocenters. The molecule has 6 heteroatoms. The highest BCUT2D eigenvalue weighted by atomic mass is 35.5. The van der Waals surface area contributed by atoms with Crippen molar-refractivity contribution < 1.29 is 23.8 Å². The Bertz CT molecular complexity index is 1320. The molecule has 0 spiro atoms. The maximum Gasteiger partial charge on any atom is 0.343 e. The van der Waals surface area contributed by atoms with Gasteiger partial charge in [0.05, 0.1) is 29.4 Å². The van der Waals surface area contributed by atoms with Gasteiger partial charge < -0.3 is 14.2 Å². The van der Waals surface area contributed by atoms with E-state index in [0.29, 0.717) is 46.8 Å². The molecule has 0 aromatic heterocycles. The standard InChI is InChI=1S/C41H55ClO5/c1-4-6-7-8-9-10-11-12-13-14-15-16-17-18-29-45-39-28-25-36(30-38(39)42)33-19-21-35(22-20-33)41(44)47-37-26-23-34(24-27-37)40(43)46-31-32(3)5-2/h19-28,30,32H,4-18,29,31H2,1-3H3. The number of hydrogen-bond acceptors (Lipinski definition) is 5. The Morgan fingerprint density at radius 2 is 1.15 bits per heavy atom. The van der Waals surface area contributed by atoms with Gasteiger partial charge in [0, 0.05) is 0 Å². The second kappa shape index (κ2) is 22.3. The topological polar surface area (TPSA) is 61.8 Å². The van der Waals surface area contributed by atoms with Crippen LogP contribution in [-0.4, -0.2) is 25.2 Å². The molecule has 3 aromatic rings. The van der Waals surface area contributed by atoms with Crippen LogP contribution in [0.5, 0.6) is 11.5 Å². The minimum atomic E-state index is -0.478. The fraction of sp³-hybridized carbons (Fsp3) is 0.512. The van der Waals surface area contributed by atoms with Crippen LogP contribution in [0.15, 0.2) is 66.7 Å². The molecule has 0 aliphatic carbocycles. The number of ether oxygens (including phenoxy) is 3. The van der Waals surface area contributed by atoms with E-state index in [2.05, 4.69) is 13.8 Å². The molecule has 256 valence electrons.